The van der Waals surface area contributed by atoms with E-state index in [1.54, 1.807) is 6.20 Å². The Bertz CT molecular complexity index is 1430. The predicted octanol–water partition coefficient (Wildman–Crippen LogP) is 4.30. The minimum absolute atomic E-state index is 0.306. The van der Waals surface area contributed by atoms with Gasteiger partial charge in [0.1, 0.15) is 17.2 Å². The second-order valence-electron chi connectivity index (χ2n) is 9.84. The third-order valence-corrected chi connectivity index (χ3v) is 7.57. The van der Waals surface area contributed by atoms with Gasteiger partial charge in [0.25, 0.3) is 0 Å². The summed E-state index contributed by atoms with van der Waals surface area (Å²) in [5.41, 5.74) is 5.84. The van der Waals surface area contributed by atoms with Gasteiger partial charge in [0, 0.05) is 35.6 Å². The Hall–Kier alpha value is -3.46. The molecule has 7 heterocycles. The lowest BCUT2D eigenvalue weighted by Gasteiger charge is -2.44. The first-order valence-electron chi connectivity index (χ1n) is 12.7. The zero-order valence-electron chi connectivity index (χ0n) is 20.9. The highest BCUT2D eigenvalue weighted by Crippen LogP contribution is 2.38. The van der Waals surface area contributed by atoms with E-state index in [4.69, 9.17) is 14.7 Å². The zero-order valence-corrected chi connectivity index (χ0v) is 20.9. The average Bonchev–Trinajstić information content (AvgIpc) is 3.25. The Morgan fingerprint density at radius 1 is 1.03 bits per heavy atom. The van der Waals surface area contributed by atoms with Crippen molar-refractivity contribution >= 4 is 11.2 Å². The Balaban J connectivity index is 1.42. The summed E-state index contributed by atoms with van der Waals surface area (Å²) in [4.78, 5) is 25.6. The third-order valence-electron chi connectivity index (χ3n) is 7.57. The number of fused-ring (bicyclic) bond motifs is 4. The zero-order chi connectivity index (χ0) is 24.8. The summed E-state index contributed by atoms with van der Waals surface area (Å²) in [5.74, 6) is 1.41. The number of aromatic nitrogens is 6. The van der Waals surface area contributed by atoms with E-state index in [0.29, 0.717) is 53.3 Å². The van der Waals surface area contributed by atoms with Crippen molar-refractivity contribution in [1.29, 1.82) is 0 Å². The van der Waals surface area contributed by atoms with E-state index in [9.17, 15) is 4.39 Å². The maximum atomic E-state index is 14.1. The summed E-state index contributed by atoms with van der Waals surface area (Å²) in [6.07, 6.45) is 5.34. The quantitative estimate of drug-likeness (QED) is 0.401. The molecule has 3 fully saturated rings. The molecule has 0 spiro atoms. The fourth-order valence-corrected chi connectivity index (χ4v) is 5.66. The van der Waals surface area contributed by atoms with Gasteiger partial charge in [0.05, 0.1) is 25.0 Å². The number of hydrogen-bond donors (Lipinski definition) is 0. The first-order valence-corrected chi connectivity index (χ1v) is 12.7. The molecule has 0 amide bonds. The highest BCUT2D eigenvalue weighted by molar-refractivity contribution is 5.79. The van der Waals surface area contributed by atoms with E-state index in [1.165, 1.54) is 43.9 Å². The summed E-state index contributed by atoms with van der Waals surface area (Å²) in [6, 6.07) is 6.11. The average molecular weight is 488 g/mol. The number of nitrogens with zero attached hydrogens (tertiary/aromatic N) is 7. The molecule has 3 aliphatic rings. The molecule has 7 rings (SSSR count). The summed E-state index contributed by atoms with van der Waals surface area (Å²) in [5, 5.41) is 0. The Kier molecular flexibility index (Phi) is 5.87. The monoisotopic (exact) mass is 487 g/mol. The molecule has 0 unspecified atom stereocenters. The molecule has 1 atom stereocenters. The van der Waals surface area contributed by atoms with Crippen LogP contribution in [-0.4, -0.2) is 60.6 Å². The van der Waals surface area contributed by atoms with E-state index in [-0.39, 0.29) is 0 Å². The lowest BCUT2D eigenvalue weighted by Crippen LogP contribution is -2.46. The summed E-state index contributed by atoms with van der Waals surface area (Å²) in [6.45, 7) is 10.3. The number of hydrogen-bond acceptors (Lipinski definition) is 7. The van der Waals surface area contributed by atoms with Crippen molar-refractivity contribution < 1.29 is 9.13 Å². The largest absolute Gasteiger partial charge is 0.464 e. The van der Waals surface area contributed by atoms with Gasteiger partial charge >= 0.3 is 6.01 Å². The summed E-state index contributed by atoms with van der Waals surface area (Å²) < 4.78 is 21.7. The molecule has 4 aromatic heterocycles. The highest BCUT2D eigenvalue weighted by Gasteiger charge is 2.35. The van der Waals surface area contributed by atoms with Gasteiger partial charge in [-0.2, -0.15) is 9.97 Å². The molecule has 3 saturated heterocycles. The van der Waals surface area contributed by atoms with E-state index in [2.05, 4.69) is 38.9 Å². The number of imidazole rings is 1. The third kappa shape index (κ3) is 4.11. The molecular formula is C27H30FN7O. The summed E-state index contributed by atoms with van der Waals surface area (Å²) in [7, 11) is 0. The van der Waals surface area contributed by atoms with Crippen molar-refractivity contribution in [2.75, 3.05) is 26.2 Å². The van der Waals surface area contributed by atoms with Crippen LogP contribution in [0.25, 0.3) is 22.6 Å². The van der Waals surface area contributed by atoms with Gasteiger partial charge in [-0.15, -0.1) is 0 Å². The molecule has 4 aromatic rings. The van der Waals surface area contributed by atoms with Crippen LogP contribution in [0.15, 0.2) is 30.6 Å². The number of halogens is 1. The number of piperidine rings is 3. The van der Waals surface area contributed by atoms with Crippen LogP contribution in [0.5, 0.6) is 6.01 Å². The molecule has 186 valence electrons. The molecule has 0 aromatic carbocycles. The van der Waals surface area contributed by atoms with Crippen LogP contribution < -0.4 is 4.74 Å². The molecule has 3 aliphatic heterocycles. The topological polar surface area (TPSA) is 81.9 Å². The Labute approximate surface area is 209 Å². The SMILES string of the molecule is CCOc1nc(C)c2nc(-c3cncc(F)c3)n(Cc3ccc([C@H]4CN5CCC4CC5)nc3C)c2n1. The second kappa shape index (κ2) is 9.20. The molecule has 0 radical (unpaired) electrons. The van der Waals surface area contributed by atoms with Gasteiger partial charge < -0.3 is 14.2 Å². The van der Waals surface area contributed by atoms with Crippen molar-refractivity contribution in [3.63, 3.8) is 0 Å². The van der Waals surface area contributed by atoms with Crippen LogP contribution in [-0.2, 0) is 6.54 Å². The van der Waals surface area contributed by atoms with Crippen molar-refractivity contribution in [3.05, 3.63) is 59.1 Å². The maximum absolute atomic E-state index is 14.1. The van der Waals surface area contributed by atoms with Gasteiger partial charge in [-0.3, -0.25) is 9.97 Å². The fourth-order valence-electron chi connectivity index (χ4n) is 5.66. The smallest absolute Gasteiger partial charge is 0.318 e. The van der Waals surface area contributed by atoms with Gasteiger partial charge in [-0.05, 0) is 70.3 Å². The Morgan fingerprint density at radius 2 is 1.86 bits per heavy atom. The van der Waals surface area contributed by atoms with E-state index in [0.717, 1.165) is 23.7 Å². The molecular weight excluding hydrogens is 457 g/mol. The van der Waals surface area contributed by atoms with Crippen molar-refractivity contribution in [2.24, 2.45) is 5.92 Å². The number of ether oxygens (including phenoxy) is 1. The minimum Gasteiger partial charge on any atom is -0.464 e. The molecule has 9 heteroatoms. The van der Waals surface area contributed by atoms with Crippen molar-refractivity contribution in [1.82, 2.24) is 34.4 Å². The Morgan fingerprint density at radius 3 is 2.56 bits per heavy atom. The molecule has 0 N–H and O–H groups in total. The second-order valence-corrected chi connectivity index (χ2v) is 9.84. The normalized spacial score (nSPS) is 21.3. The van der Waals surface area contributed by atoms with Gasteiger partial charge in [-0.1, -0.05) is 6.07 Å². The van der Waals surface area contributed by atoms with Crippen molar-refractivity contribution in [3.8, 4) is 17.4 Å². The van der Waals surface area contributed by atoms with E-state index >= 15 is 0 Å². The van der Waals surface area contributed by atoms with Crippen LogP contribution in [0.3, 0.4) is 0 Å². The summed E-state index contributed by atoms with van der Waals surface area (Å²) >= 11 is 0. The fraction of sp³-hybridized carbons (Fsp3) is 0.444. The van der Waals surface area contributed by atoms with Crippen LogP contribution >= 0.6 is 0 Å². The maximum Gasteiger partial charge on any atom is 0.318 e. The first-order chi connectivity index (χ1) is 17.5. The molecule has 2 bridgehead atoms. The van der Waals surface area contributed by atoms with Gasteiger partial charge in [0.15, 0.2) is 5.65 Å². The number of rotatable bonds is 6. The van der Waals surface area contributed by atoms with Gasteiger partial charge in [-0.25, -0.2) is 9.37 Å². The highest BCUT2D eigenvalue weighted by atomic mass is 19.1. The number of aryl methyl sites for hydroxylation is 2. The first kappa shape index (κ1) is 23.0. The molecule has 8 nitrogen and oxygen atoms in total. The van der Waals surface area contributed by atoms with E-state index < -0.39 is 5.82 Å². The lowest BCUT2D eigenvalue weighted by atomic mass is 9.77. The van der Waals surface area contributed by atoms with Gasteiger partial charge in [0.2, 0.25) is 0 Å². The standard InChI is InChI=1S/C27H30FN7O/c1-4-36-27-31-17(3)24-26(33-27)35(25(32-24)20-11-21(28)13-29-12-20)14-19-5-6-23(30-16(19)2)22-15-34-9-7-18(22)8-10-34/h5-6,11-13,18,22H,4,7-10,14-15H2,1-3H3/t22-/m0/s1. The number of pyridine rings is 2. The van der Waals surface area contributed by atoms with Crippen LogP contribution in [0.4, 0.5) is 4.39 Å². The van der Waals surface area contributed by atoms with E-state index in [1.807, 2.05) is 18.4 Å². The van der Waals surface area contributed by atoms with Crippen LogP contribution in [0, 0.1) is 25.6 Å². The predicted molar refractivity (Wildman–Crippen MR) is 134 cm³/mol. The molecule has 0 saturated carbocycles. The van der Waals surface area contributed by atoms with Crippen LogP contribution in [0.2, 0.25) is 0 Å². The lowest BCUT2D eigenvalue weighted by molar-refractivity contribution is 0.0854. The van der Waals surface area contributed by atoms with Crippen LogP contribution in [0.1, 0.15) is 48.3 Å². The van der Waals surface area contributed by atoms with Crippen molar-refractivity contribution in [2.45, 2.75) is 46.1 Å². The minimum atomic E-state index is -0.413. The molecule has 0 aliphatic carbocycles. The molecule has 36 heavy (non-hydrogen) atoms.